The number of nitrogens with one attached hydrogen (secondary N) is 1. The Morgan fingerprint density at radius 3 is 2.33 bits per heavy atom. The van der Waals surface area contributed by atoms with Gasteiger partial charge in [-0.3, -0.25) is 0 Å². The zero-order chi connectivity index (χ0) is 16.2. The fourth-order valence-electron chi connectivity index (χ4n) is 2.25. The zero-order valence-electron chi connectivity index (χ0n) is 12.3. The van der Waals surface area contributed by atoms with Crippen LogP contribution >= 0.6 is 15.9 Å². The van der Waals surface area contributed by atoms with Crippen molar-refractivity contribution in [3.63, 3.8) is 0 Å². The third-order valence-corrected chi connectivity index (χ3v) is 6.10. The molecule has 0 spiro atoms. The van der Waals surface area contributed by atoms with Gasteiger partial charge in [0.25, 0.3) is 0 Å². The van der Waals surface area contributed by atoms with Crippen molar-refractivity contribution in [2.75, 3.05) is 0 Å². The van der Waals surface area contributed by atoms with E-state index < -0.39 is 16.0 Å². The maximum absolute atomic E-state index is 12.4. The average Bonchev–Trinajstić information content (AvgIpc) is 2.38. The molecule has 1 unspecified atom stereocenters. The number of carboxylic acid groups (broad SMARTS) is 1. The van der Waals surface area contributed by atoms with Gasteiger partial charge in [0.05, 0.1) is 10.5 Å². The molecule has 1 aromatic rings. The number of carboxylic acids is 1. The van der Waals surface area contributed by atoms with Gasteiger partial charge in [0, 0.05) is 10.5 Å². The van der Waals surface area contributed by atoms with Crippen molar-refractivity contribution in [3.05, 3.63) is 28.2 Å². The molecule has 7 heteroatoms. The summed E-state index contributed by atoms with van der Waals surface area (Å²) in [5.41, 5.74) is 0.0360. The Bertz CT molecular complexity index is 611. The van der Waals surface area contributed by atoms with E-state index in [9.17, 15) is 13.2 Å². The summed E-state index contributed by atoms with van der Waals surface area (Å²) < 4.78 is 27.7. The van der Waals surface area contributed by atoms with Gasteiger partial charge in [-0.05, 0) is 47.0 Å². The Balaban J connectivity index is 3.06. The summed E-state index contributed by atoms with van der Waals surface area (Å²) in [6.07, 6.45) is 1.78. The van der Waals surface area contributed by atoms with E-state index in [2.05, 4.69) is 20.7 Å². The lowest BCUT2D eigenvalue weighted by Crippen LogP contribution is -2.37. The Kier molecular flexibility index (Phi) is 6.37. The standard InChI is InChI=1S/C14H20BrNO4S/c1-4-10(5-2)9(3)16-21(19,20)13-7-6-11(14(17)18)8-12(13)15/h6-10,16H,4-5H2,1-3H3,(H,17,18). The monoisotopic (exact) mass is 377 g/mol. The van der Waals surface area contributed by atoms with Crippen molar-refractivity contribution < 1.29 is 18.3 Å². The molecular weight excluding hydrogens is 358 g/mol. The molecule has 0 bridgehead atoms. The first-order valence-electron chi connectivity index (χ1n) is 6.78. The van der Waals surface area contributed by atoms with Crippen LogP contribution in [-0.2, 0) is 10.0 Å². The van der Waals surface area contributed by atoms with Crippen LogP contribution < -0.4 is 4.72 Å². The summed E-state index contributed by atoms with van der Waals surface area (Å²) in [5, 5.41) is 8.90. The van der Waals surface area contributed by atoms with Crippen LogP contribution in [0.4, 0.5) is 0 Å². The van der Waals surface area contributed by atoms with Gasteiger partial charge < -0.3 is 5.11 Å². The van der Waals surface area contributed by atoms with E-state index >= 15 is 0 Å². The minimum atomic E-state index is -3.69. The van der Waals surface area contributed by atoms with Crippen molar-refractivity contribution in [1.29, 1.82) is 0 Å². The highest BCUT2D eigenvalue weighted by molar-refractivity contribution is 9.10. The van der Waals surface area contributed by atoms with Crippen molar-refractivity contribution >= 4 is 31.9 Å². The first-order chi connectivity index (χ1) is 9.72. The molecule has 0 saturated carbocycles. The highest BCUT2D eigenvalue weighted by Gasteiger charge is 2.24. The largest absolute Gasteiger partial charge is 0.478 e. The molecule has 1 rings (SSSR count). The molecular formula is C14H20BrNO4S. The fourth-order valence-corrected chi connectivity index (χ4v) is 4.64. The predicted octanol–water partition coefficient (Wildman–Crippen LogP) is 3.25. The second kappa shape index (κ2) is 7.38. The Labute approximate surface area is 133 Å². The van der Waals surface area contributed by atoms with Crippen molar-refractivity contribution in [1.82, 2.24) is 4.72 Å². The summed E-state index contributed by atoms with van der Waals surface area (Å²) >= 11 is 3.13. The summed E-state index contributed by atoms with van der Waals surface area (Å²) in [5.74, 6) is -0.838. The van der Waals surface area contributed by atoms with Crippen molar-refractivity contribution in [2.24, 2.45) is 5.92 Å². The van der Waals surface area contributed by atoms with E-state index in [1.54, 1.807) is 0 Å². The van der Waals surface area contributed by atoms with Crippen LogP contribution in [0.2, 0.25) is 0 Å². The Hall–Kier alpha value is -0.920. The second-order valence-electron chi connectivity index (χ2n) is 4.94. The molecule has 0 heterocycles. The van der Waals surface area contributed by atoms with Crippen LogP contribution in [-0.4, -0.2) is 25.5 Å². The van der Waals surface area contributed by atoms with E-state index in [0.29, 0.717) is 0 Å². The summed E-state index contributed by atoms with van der Waals surface area (Å²) in [6.45, 7) is 5.89. The molecule has 0 fully saturated rings. The van der Waals surface area contributed by atoms with E-state index in [1.807, 2.05) is 20.8 Å². The van der Waals surface area contributed by atoms with Gasteiger partial charge in [0.1, 0.15) is 0 Å². The first kappa shape index (κ1) is 18.1. The van der Waals surface area contributed by atoms with Gasteiger partial charge >= 0.3 is 5.97 Å². The third kappa shape index (κ3) is 4.52. The molecule has 0 saturated heterocycles. The fraction of sp³-hybridized carbons (Fsp3) is 0.500. The van der Waals surface area contributed by atoms with Gasteiger partial charge in [0.2, 0.25) is 10.0 Å². The van der Waals surface area contributed by atoms with E-state index in [-0.39, 0.29) is 26.9 Å². The van der Waals surface area contributed by atoms with Crippen LogP contribution in [0.3, 0.4) is 0 Å². The summed E-state index contributed by atoms with van der Waals surface area (Å²) in [7, 11) is -3.69. The topological polar surface area (TPSA) is 83.5 Å². The lowest BCUT2D eigenvalue weighted by Gasteiger charge is -2.22. The molecule has 2 N–H and O–H groups in total. The minimum Gasteiger partial charge on any atom is -0.478 e. The lowest BCUT2D eigenvalue weighted by atomic mass is 9.96. The predicted molar refractivity (Wildman–Crippen MR) is 85.0 cm³/mol. The number of rotatable bonds is 7. The van der Waals surface area contributed by atoms with Gasteiger partial charge in [-0.25, -0.2) is 17.9 Å². The van der Waals surface area contributed by atoms with E-state index in [1.165, 1.54) is 18.2 Å². The van der Waals surface area contributed by atoms with Gasteiger partial charge in [0.15, 0.2) is 0 Å². The van der Waals surface area contributed by atoms with Crippen LogP contribution in [0.25, 0.3) is 0 Å². The summed E-state index contributed by atoms with van der Waals surface area (Å²) in [6, 6.07) is 3.69. The molecule has 1 atom stereocenters. The highest BCUT2D eigenvalue weighted by Crippen LogP contribution is 2.24. The number of hydrogen-bond acceptors (Lipinski definition) is 3. The highest BCUT2D eigenvalue weighted by atomic mass is 79.9. The van der Waals surface area contributed by atoms with E-state index in [0.717, 1.165) is 12.8 Å². The first-order valence-corrected chi connectivity index (χ1v) is 9.05. The van der Waals surface area contributed by atoms with Crippen molar-refractivity contribution in [3.8, 4) is 0 Å². The number of benzene rings is 1. The number of sulfonamides is 1. The van der Waals surface area contributed by atoms with Crippen molar-refractivity contribution in [2.45, 2.75) is 44.6 Å². The lowest BCUT2D eigenvalue weighted by molar-refractivity contribution is 0.0696. The van der Waals surface area contributed by atoms with Crippen LogP contribution in [0, 0.1) is 5.92 Å². The molecule has 118 valence electrons. The molecule has 0 amide bonds. The van der Waals surface area contributed by atoms with Gasteiger partial charge in [-0.1, -0.05) is 26.7 Å². The van der Waals surface area contributed by atoms with Gasteiger partial charge in [-0.2, -0.15) is 0 Å². The van der Waals surface area contributed by atoms with Crippen LogP contribution in [0.1, 0.15) is 44.0 Å². The van der Waals surface area contributed by atoms with Gasteiger partial charge in [-0.15, -0.1) is 0 Å². The van der Waals surface area contributed by atoms with Crippen LogP contribution in [0.5, 0.6) is 0 Å². The maximum Gasteiger partial charge on any atom is 0.335 e. The second-order valence-corrected chi connectivity index (χ2v) is 7.47. The maximum atomic E-state index is 12.4. The molecule has 0 aliphatic rings. The zero-order valence-corrected chi connectivity index (χ0v) is 14.7. The number of hydrogen-bond donors (Lipinski definition) is 2. The minimum absolute atomic E-state index is 0.0360. The van der Waals surface area contributed by atoms with E-state index in [4.69, 9.17) is 5.11 Å². The molecule has 1 aromatic carbocycles. The Morgan fingerprint density at radius 2 is 1.90 bits per heavy atom. The molecule has 21 heavy (non-hydrogen) atoms. The normalized spacial score (nSPS) is 13.4. The number of carbonyl (C=O) groups is 1. The average molecular weight is 378 g/mol. The smallest absolute Gasteiger partial charge is 0.335 e. The quantitative estimate of drug-likeness (QED) is 0.763. The molecule has 0 aliphatic carbocycles. The molecule has 0 radical (unpaired) electrons. The number of aromatic carboxylic acids is 1. The molecule has 0 aromatic heterocycles. The SMILES string of the molecule is CCC(CC)C(C)NS(=O)(=O)c1ccc(C(=O)O)cc1Br. The third-order valence-electron chi connectivity index (χ3n) is 3.57. The molecule has 5 nitrogen and oxygen atoms in total. The molecule has 0 aliphatic heterocycles. The van der Waals surface area contributed by atoms with Crippen LogP contribution in [0.15, 0.2) is 27.6 Å². The summed E-state index contributed by atoms with van der Waals surface area (Å²) in [4.78, 5) is 10.9. The Morgan fingerprint density at radius 1 is 1.33 bits per heavy atom. The number of halogens is 1.